The van der Waals surface area contributed by atoms with E-state index in [4.69, 9.17) is 16.6 Å². The van der Waals surface area contributed by atoms with E-state index in [0.29, 0.717) is 25.8 Å². The molecule has 116 valence electrons. The third-order valence-electron chi connectivity index (χ3n) is 3.20. The second-order valence-electron chi connectivity index (χ2n) is 4.98. The van der Waals surface area contributed by atoms with Gasteiger partial charge in [-0.25, -0.2) is 4.79 Å². The lowest BCUT2D eigenvalue weighted by atomic mass is 10.0. The van der Waals surface area contributed by atoms with E-state index in [-0.39, 0.29) is 0 Å². The van der Waals surface area contributed by atoms with Crippen LogP contribution in [0.25, 0.3) is 0 Å². The predicted molar refractivity (Wildman–Crippen MR) is 80.6 cm³/mol. The Labute approximate surface area is 124 Å². The van der Waals surface area contributed by atoms with Crippen LogP contribution >= 0.6 is 0 Å². The first-order valence-electron chi connectivity index (χ1n) is 7.07. The number of nitrogens with two attached hydrogens (primary N) is 2. The van der Waals surface area contributed by atoms with Gasteiger partial charge >= 0.3 is 5.97 Å². The highest BCUT2D eigenvalue weighted by atomic mass is 16.4. The van der Waals surface area contributed by atoms with Gasteiger partial charge in [0.05, 0.1) is 6.04 Å². The molecule has 0 spiro atoms. The lowest BCUT2D eigenvalue weighted by Gasteiger charge is -2.17. The Morgan fingerprint density at radius 3 is 2.43 bits per heavy atom. The number of unbranched alkanes of at least 4 members (excludes halogenated alkanes) is 1. The first-order chi connectivity index (χ1) is 10.0. The summed E-state index contributed by atoms with van der Waals surface area (Å²) in [6.07, 6.45) is 2.12. The van der Waals surface area contributed by atoms with Crippen molar-refractivity contribution in [2.45, 2.75) is 37.8 Å². The van der Waals surface area contributed by atoms with Gasteiger partial charge in [0.25, 0.3) is 0 Å². The minimum Gasteiger partial charge on any atom is -0.480 e. The first kappa shape index (κ1) is 17.1. The molecule has 6 nitrogen and oxygen atoms in total. The number of hydrogen-bond acceptors (Lipinski definition) is 4. The fourth-order valence-corrected chi connectivity index (χ4v) is 1.99. The summed E-state index contributed by atoms with van der Waals surface area (Å²) in [5, 5.41) is 11.6. The summed E-state index contributed by atoms with van der Waals surface area (Å²) < 4.78 is 0. The van der Waals surface area contributed by atoms with Crippen molar-refractivity contribution in [3.63, 3.8) is 0 Å². The zero-order chi connectivity index (χ0) is 15.7. The molecule has 0 aliphatic carbocycles. The van der Waals surface area contributed by atoms with Crippen molar-refractivity contribution in [1.82, 2.24) is 5.32 Å². The number of carbonyl (C=O) groups is 2. The molecule has 0 aromatic heterocycles. The molecule has 6 heteroatoms. The third kappa shape index (κ3) is 6.37. The molecule has 2 atom stereocenters. The predicted octanol–water partition coefficient (Wildman–Crippen LogP) is 0.255. The van der Waals surface area contributed by atoms with Gasteiger partial charge in [0, 0.05) is 0 Å². The molecule has 0 aliphatic heterocycles. The molecule has 1 aromatic rings. The molecule has 0 saturated carbocycles. The zero-order valence-electron chi connectivity index (χ0n) is 12.0. The molecule has 6 N–H and O–H groups in total. The number of nitrogens with one attached hydrogen (secondary N) is 1. The number of carbonyl (C=O) groups excluding carboxylic acids is 1. The average molecular weight is 293 g/mol. The van der Waals surface area contributed by atoms with Crippen LogP contribution in [-0.2, 0) is 16.0 Å². The molecule has 1 rings (SSSR count). The third-order valence-corrected chi connectivity index (χ3v) is 3.20. The fourth-order valence-electron chi connectivity index (χ4n) is 1.99. The summed E-state index contributed by atoms with van der Waals surface area (Å²) in [4.78, 5) is 23.1. The Morgan fingerprint density at radius 2 is 1.86 bits per heavy atom. The lowest BCUT2D eigenvalue weighted by Crippen LogP contribution is -2.49. The topological polar surface area (TPSA) is 118 Å². The van der Waals surface area contributed by atoms with E-state index in [2.05, 4.69) is 5.32 Å². The van der Waals surface area contributed by atoms with Crippen LogP contribution in [-0.4, -0.2) is 35.6 Å². The van der Waals surface area contributed by atoms with Gasteiger partial charge in [-0.15, -0.1) is 0 Å². The van der Waals surface area contributed by atoms with Crippen molar-refractivity contribution in [3.05, 3.63) is 35.9 Å². The van der Waals surface area contributed by atoms with Crippen LogP contribution in [0.1, 0.15) is 24.8 Å². The molecule has 0 heterocycles. The van der Waals surface area contributed by atoms with E-state index < -0.39 is 24.0 Å². The highest BCUT2D eigenvalue weighted by Gasteiger charge is 2.22. The number of benzene rings is 1. The van der Waals surface area contributed by atoms with Gasteiger partial charge < -0.3 is 21.9 Å². The van der Waals surface area contributed by atoms with Crippen molar-refractivity contribution in [2.75, 3.05) is 6.54 Å². The fraction of sp³-hybridized carbons (Fsp3) is 0.467. The molecule has 0 radical (unpaired) electrons. The van der Waals surface area contributed by atoms with Crippen molar-refractivity contribution >= 4 is 11.9 Å². The van der Waals surface area contributed by atoms with Gasteiger partial charge in [0.15, 0.2) is 0 Å². The van der Waals surface area contributed by atoms with Crippen LogP contribution in [0.2, 0.25) is 0 Å². The van der Waals surface area contributed by atoms with Gasteiger partial charge in [-0.1, -0.05) is 30.3 Å². The van der Waals surface area contributed by atoms with Crippen LogP contribution in [0.4, 0.5) is 0 Å². The number of carboxylic acids is 1. The molecule has 1 amide bonds. The summed E-state index contributed by atoms with van der Waals surface area (Å²) in [5.41, 5.74) is 12.1. The van der Waals surface area contributed by atoms with Crippen LogP contribution in [0.5, 0.6) is 0 Å². The number of aliphatic carboxylic acids is 1. The molecular formula is C15H23N3O3. The summed E-state index contributed by atoms with van der Waals surface area (Å²) >= 11 is 0. The van der Waals surface area contributed by atoms with Gasteiger partial charge in [0.2, 0.25) is 5.91 Å². The van der Waals surface area contributed by atoms with Gasteiger partial charge in [0.1, 0.15) is 6.04 Å². The molecule has 0 bridgehead atoms. The molecule has 1 unspecified atom stereocenters. The Bertz CT molecular complexity index is 451. The van der Waals surface area contributed by atoms with Crippen LogP contribution in [0.15, 0.2) is 30.3 Å². The highest BCUT2D eigenvalue weighted by Crippen LogP contribution is 2.04. The Hall–Kier alpha value is -1.92. The van der Waals surface area contributed by atoms with E-state index in [1.54, 1.807) is 0 Å². The monoisotopic (exact) mass is 293 g/mol. The molecule has 1 aromatic carbocycles. The quantitative estimate of drug-likeness (QED) is 0.487. The Morgan fingerprint density at radius 1 is 1.19 bits per heavy atom. The molecular weight excluding hydrogens is 270 g/mol. The first-order valence-corrected chi connectivity index (χ1v) is 7.07. The maximum absolute atomic E-state index is 12.0. The van der Waals surface area contributed by atoms with E-state index in [0.717, 1.165) is 12.0 Å². The van der Waals surface area contributed by atoms with Crippen molar-refractivity contribution in [3.8, 4) is 0 Å². The Kier molecular flexibility index (Phi) is 7.42. The number of rotatable bonds is 9. The van der Waals surface area contributed by atoms with Crippen LogP contribution in [0, 0.1) is 0 Å². The highest BCUT2D eigenvalue weighted by molar-refractivity contribution is 5.86. The van der Waals surface area contributed by atoms with Crippen LogP contribution < -0.4 is 16.8 Å². The van der Waals surface area contributed by atoms with E-state index in [9.17, 15) is 9.59 Å². The normalized spacial score (nSPS) is 13.4. The van der Waals surface area contributed by atoms with Crippen LogP contribution in [0.3, 0.4) is 0 Å². The number of carboxylic acid groups (broad SMARTS) is 1. The zero-order valence-corrected chi connectivity index (χ0v) is 12.0. The minimum atomic E-state index is -1.05. The summed E-state index contributed by atoms with van der Waals surface area (Å²) in [6.45, 7) is 0.508. The minimum absolute atomic E-state index is 0.357. The van der Waals surface area contributed by atoms with Crippen molar-refractivity contribution in [2.24, 2.45) is 11.5 Å². The van der Waals surface area contributed by atoms with Crippen molar-refractivity contribution in [1.29, 1.82) is 0 Å². The Balaban J connectivity index is 2.50. The maximum Gasteiger partial charge on any atom is 0.326 e. The molecule has 0 aliphatic rings. The summed E-state index contributed by atoms with van der Waals surface area (Å²) in [7, 11) is 0. The number of amides is 1. The van der Waals surface area contributed by atoms with E-state index >= 15 is 0 Å². The van der Waals surface area contributed by atoms with Gasteiger partial charge in [-0.05, 0) is 37.8 Å². The largest absolute Gasteiger partial charge is 0.480 e. The summed E-state index contributed by atoms with van der Waals surface area (Å²) in [5.74, 6) is -1.49. The molecule has 0 saturated heterocycles. The van der Waals surface area contributed by atoms with Gasteiger partial charge in [-0.2, -0.15) is 0 Å². The average Bonchev–Trinajstić information content (AvgIpc) is 2.47. The summed E-state index contributed by atoms with van der Waals surface area (Å²) in [6, 6.07) is 7.70. The number of hydrogen-bond donors (Lipinski definition) is 4. The second kappa shape index (κ2) is 9.10. The van der Waals surface area contributed by atoms with E-state index in [1.807, 2.05) is 30.3 Å². The maximum atomic E-state index is 12.0. The lowest BCUT2D eigenvalue weighted by molar-refractivity contribution is -0.142. The van der Waals surface area contributed by atoms with E-state index in [1.165, 1.54) is 0 Å². The smallest absolute Gasteiger partial charge is 0.326 e. The SMILES string of the molecule is NCCCC[C@H](NC(=O)C(N)Cc1ccccc1)C(=O)O. The second-order valence-corrected chi connectivity index (χ2v) is 4.98. The van der Waals surface area contributed by atoms with Gasteiger partial charge in [-0.3, -0.25) is 4.79 Å². The molecule has 21 heavy (non-hydrogen) atoms. The standard InChI is InChI=1S/C15H23N3O3/c16-9-5-4-8-13(15(20)21)18-14(19)12(17)10-11-6-2-1-3-7-11/h1-3,6-7,12-13H,4-5,8-10,16-17H2,(H,18,19)(H,20,21)/t12?,13-/m0/s1. The van der Waals surface area contributed by atoms with Crippen molar-refractivity contribution < 1.29 is 14.7 Å². The molecule has 0 fully saturated rings.